The summed E-state index contributed by atoms with van der Waals surface area (Å²) in [7, 11) is 0. The molecule has 0 unspecified atom stereocenters. The lowest BCUT2D eigenvalue weighted by atomic mass is 9.87. The normalized spacial score (nSPS) is 11.8. The second-order valence-electron chi connectivity index (χ2n) is 5.94. The van der Waals surface area contributed by atoms with Gasteiger partial charge in [-0.15, -0.1) is 0 Å². The highest BCUT2D eigenvalue weighted by Crippen LogP contribution is 2.22. The van der Waals surface area contributed by atoms with Crippen molar-refractivity contribution in [3.63, 3.8) is 0 Å². The van der Waals surface area contributed by atoms with E-state index in [9.17, 15) is 4.79 Å². The lowest BCUT2D eigenvalue weighted by molar-refractivity contribution is 0.104. The van der Waals surface area contributed by atoms with Crippen molar-refractivity contribution in [3.05, 3.63) is 77.4 Å². The molecule has 2 rings (SSSR count). The van der Waals surface area contributed by atoms with Gasteiger partial charge in [0.15, 0.2) is 5.78 Å². The molecule has 0 fully saturated rings. The fourth-order valence-corrected chi connectivity index (χ4v) is 1.96. The first kappa shape index (κ1) is 14.3. The smallest absolute Gasteiger partial charge is 0.185 e. The van der Waals surface area contributed by atoms with E-state index in [1.165, 1.54) is 5.56 Å². The Kier molecular flexibility index (Phi) is 4.19. The van der Waals surface area contributed by atoms with E-state index >= 15 is 0 Å². The SMILES string of the molecule is CC(C)(C)c1ccc(C=CC(=O)c2ccccc2)cc1. The zero-order valence-electron chi connectivity index (χ0n) is 12.3. The fraction of sp³-hybridized carbons (Fsp3) is 0.211. The van der Waals surface area contributed by atoms with Gasteiger partial charge in [-0.2, -0.15) is 0 Å². The molecule has 1 heteroatoms. The monoisotopic (exact) mass is 264 g/mol. The lowest BCUT2D eigenvalue weighted by Crippen LogP contribution is -2.10. The average Bonchev–Trinajstić information content (AvgIpc) is 2.45. The van der Waals surface area contributed by atoms with Crippen molar-refractivity contribution >= 4 is 11.9 Å². The van der Waals surface area contributed by atoms with Gasteiger partial charge in [0.25, 0.3) is 0 Å². The molecule has 2 aromatic carbocycles. The molecule has 0 heterocycles. The van der Waals surface area contributed by atoms with Crippen LogP contribution in [0.4, 0.5) is 0 Å². The van der Waals surface area contributed by atoms with Crippen LogP contribution in [0, 0.1) is 0 Å². The highest BCUT2D eigenvalue weighted by Gasteiger charge is 2.12. The third-order valence-corrected chi connectivity index (χ3v) is 3.26. The van der Waals surface area contributed by atoms with Gasteiger partial charge in [-0.05, 0) is 22.6 Å². The second kappa shape index (κ2) is 5.87. The molecule has 0 aliphatic heterocycles. The van der Waals surface area contributed by atoms with E-state index < -0.39 is 0 Å². The van der Waals surface area contributed by atoms with Gasteiger partial charge >= 0.3 is 0 Å². The topological polar surface area (TPSA) is 17.1 Å². The quantitative estimate of drug-likeness (QED) is 0.570. The van der Waals surface area contributed by atoms with Gasteiger partial charge in [0.2, 0.25) is 0 Å². The van der Waals surface area contributed by atoms with Crippen LogP contribution in [0.25, 0.3) is 6.08 Å². The number of allylic oxidation sites excluding steroid dienone is 1. The number of carbonyl (C=O) groups excluding carboxylic acids is 1. The molecule has 20 heavy (non-hydrogen) atoms. The van der Waals surface area contributed by atoms with Crippen LogP contribution in [0.1, 0.15) is 42.3 Å². The summed E-state index contributed by atoms with van der Waals surface area (Å²) < 4.78 is 0. The number of hydrogen-bond donors (Lipinski definition) is 0. The summed E-state index contributed by atoms with van der Waals surface area (Å²) in [5.41, 5.74) is 3.21. The summed E-state index contributed by atoms with van der Waals surface area (Å²) in [4.78, 5) is 12.0. The minimum absolute atomic E-state index is 0.0329. The summed E-state index contributed by atoms with van der Waals surface area (Å²) in [5, 5.41) is 0. The number of rotatable bonds is 3. The highest BCUT2D eigenvalue weighted by atomic mass is 16.1. The predicted octanol–water partition coefficient (Wildman–Crippen LogP) is 4.88. The summed E-state index contributed by atoms with van der Waals surface area (Å²) in [6, 6.07) is 17.7. The number of hydrogen-bond acceptors (Lipinski definition) is 1. The van der Waals surface area contributed by atoms with Crippen molar-refractivity contribution in [1.29, 1.82) is 0 Å². The fourth-order valence-electron chi connectivity index (χ4n) is 1.96. The van der Waals surface area contributed by atoms with Crippen molar-refractivity contribution in [1.82, 2.24) is 0 Å². The molecular formula is C19H20O. The number of ketones is 1. The van der Waals surface area contributed by atoms with Gasteiger partial charge in [-0.3, -0.25) is 4.79 Å². The van der Waals surface area contributed by atoms with Gasteiger partial charge in [0, 0.05) is 5.56 Å². The van der Waals surface area contributed by atoms with Gasteiger partial charge < -0.3 is 0 Å². The Morgan fingerprint density at radius 3 is 2.05 bits per heavy atom. The first-order valence-corrected chi connectivity index (χ1v) is 6.85. The van der Waals surface area contributed by atoms with Crippen LogP contribution < -0.4 is 0 Å². The Hall–Kier alpha value is -2.15. The third-order valence-electron chi connectivity index (χ3n) is 3.26. The Morgan fingerprint density at radius 1 is 0.900 bits per heavy atom. The van der Waals surface area contributed by atoms with E-state index in [-0.39, 0.29) is 11.2 Å². The van der Waals surface area contributed by atoms with E-state index in [1.807, 2.05) is 36.4 Å². The maximum Gasteiger partial charge on any atom is 0.185 e. The molecule has 0 aromatic heterocycles. The lowest BCUT2D eigenvalue weighted by Gasteiger charge is -2.18. The van der Waals surface area contributed by atoms with Crippen molar-refractivity contribution in [3.8, 4) is 0 Å². The van der Waals surface area contributed by atoms with E-state index in [2.05, 4.69) is 45.0 Å². The summed E-state index contributed by atoms with van der Waals surface area (Å²) in [6.07, 6.45) is 3.49. The zero-order chi connectivity index (χ0) is 14.6. The Labute approximate surface area is 121 Å². The molecule has 102 valence electrons. The average molecular weight is 264 g/mol. The van der Waals surface area contributed by atoms with Crippen molar-refractivity contribution in [2.75, 3.05) is 0 Å². The molecule has 0 saturated carbocycles. The molecule has 0 aliphatic rings. The predicted molar refractivity (Wildman–Crippen MR) is 84.9 cm³/mol. The summed E-state index contributed by atoms with van der Waals surface area (Å²) in [6.45, 7) is 6.57. The van der Waals surface area contributed by atoms with Crippen LogP contribution in [0.3, 0.4) is 0 Å². The minimum Gasteiger partial charge on any atom is -0.289 e. The van der Waals surface area contributed by atoms with Crippen LogP contribution in [0.2, 0.25) is 0 Å². The zero-order valence-corrected chi connectivity index (χ0v) is 12.3. The first-order valence-electron chi connectivity index (χ1n) is 6.85. The molecule has 0 saturated heterocycles. The van der Waals surface area contributed by atoms with Crippen LogP contribution in [-0.2, 0) is 5.41 Å². The molecule has 2 aromatic rings. The second-order valence-corrected chi connectivity index (χ2v) is 5.94. The molecule has 0 radical (unpaired) electrons. The van der Waals surface area contributed by atoms with Gasteiger partial charge in [0.05, 0.1) is 0 Å². The molecule has 0 amide bonds. The van der Waals surface area contributed by atoms with Gasteiger partial charge in [-0.25, -0.2) is 0 Å². The van der Waals surface area contributed by atoms with Crippen molar-refractivity contribution in [2.45, 2.75) is 26.2 Å². The van der Waals surface area contributed by atoms with Gasteiger partial charge in [-0.1, -0.05) is 81.4 Å². The van der Waals surface area contributed by atoms with E-state index in [1.54, 1.807) is 6.08 Å². The minimum atomic E-state index is 0.0329. The van der Waals surface area contributed by atoms with E-state index in [0.29, 0.717) is 0 Å². The Balaban J connectivity index is 2.11. The van der Waals surface area contributed by atoms with Crippen molar-refractivity contribution < 1.29 is 4.79 Å². The molecule has 0 N–H and O–H groups in total. The van der Waals surface area contributed by atoms with Crippen LogP contribution >= 0.6 is 0 Å². The number of benzene rings is 2. The molecule has 0 bridgehead atoms. The molecule has 1 nitrogen and oxygen atoms in total. The van der Waals surface area contributed by atoms with E-state index in [4.69, 9.17) is 0 Å². The standard InChI is InChI=1S/C19H20O/c1-19(2,3)17-12-9-15(10-13-17)11-14-18(20)16-7-5-4-6-8-16/h4-14H,1-3H3. The molecular weight excluding hydrogens is 244 g/mol. The third kappa shape index (κ3) is 3.67. The van der Waals surface area contributed by atoms with Crippen LogP contribution in [0.15, 0.2) is 60.7 Å². The molecule has 0 spiro atoms. The molecule has 0 aliphatic carbocycles. The largest absolute Gasteiger partial charge is 0.289 e. The first-order chi connectivity index (χ1) is 9.47. The maximum absolute atomic E-state index is 12.0. The Bertz CT molecular complexity index is 598. The van der Waals surface area contributed by atoms with E-state index in [0.717, 1.165) is 11.1 Å². The highest BCUT2D eigenvalue weighted by molar-refractivity contribution is 6.06. The Morgan fingerprint density at radius 2 is 1.50 bits per heavy atom. The summed E-state index contributed by atoms with van der Waals surface area (Å²) >= 11 is 0. The van der Waals surface area contributed by atoms with Crippen molar-refractivity contribution in [2.24, 2.45) is 0 Å². The van der Waals surface area contributed by atoms with Gasteiger partial charge in [0.1, 0.15) is 0 Å². The number of carbonyl (C=O) groups is 1. The van der Waals surface area contributed by atoms with Crippen LogP contribution in [-0.4, -0.2) is 5.78 Å². The van der Waals surface area contributed by atoms with Crippen LogP contribution in [0.5, 0.6) is 0 Å². The maximum atomic E-state index is 12.0. The molecule has 0 atom stereocenters. The summed E-state index contributed by atoms with van der Waals surface area (Å²) in [5.74, 6) is 0.0329.